The Labute approximate surface area is 210 Å². The van der Waals surface area contributed by atoms with E-state index in [-0.39, 0.29) is 12.1 Å². The topological polar surface area (TPSA) is 115 Å². The molecule has 1 fully saturated rings. The van der Waals surface area contributed by atoms with Crippen LogP contribution in [0.4, 0.5) is 4.79 Å². The number of carboxylic acid groups (broad SMARTS) is 1. The van der Waals surface area contributed by atoms with Crippen molar-refractivity contribution in [2.45, 2.75) is 63.6 Å². The van der Waals surface area contributed by atoms with Gasteiger partial charge in [-0.1, -0.05) is 55.5 Å². The second-order valence-corrected chi connectivity index (χ2v) is 10.4. The van der Waals surface area contributed by atoms with Crippen molar-refractivity contribution in [1.29, 1.82) is 0 Å². The molecule has 0 radical (unpaired) electrons. The predicted molar refractivity (Wildman–Crippen MR) is 137 cm³/mol. The number of hydrogen-bond acceptors (Lipinski definition) is 4. The number of amides is 2. The van der Waals surface area contributed by atoms with Crippen molar-refractivity contribution in [3.05, 3.63) is 71.4 Å². The van der Waals surface area contributed by atoms with Crippen molar-refractivity contribution in [3.8, 4) is 0 Å². The van der Waals surface area contributed by atoms with Gasteiger partial charge in [0.15, 0.2) is 0 Å². The summed E-state index contributed by atoms with van der Waals surface area (Å²) in [4.78, 5) is 41.2. The largest absolute Gasteiger partial charge is 0.477 e. The van der Waals surface area contributed by atoms with Gasteiger partial charge in [0, 0.05) is 29.4 Å². The molecule has 190 valence electrons. The molecule has 0 aliphatic carbocycles. The third-order valence-electron chi connectivity index (χ3n) is 7.22. The number of carbonyl (C=O) groups is 3. The van der Waals surface area contributed by atoms with Crippen LogP contribution in [0, 0.1) is 0 Å². The maximum atomic E-state index is 13.9. The lowest BCUT2D eigenvalue weighted by molar-refractivity contribution is -0.130. The molecule has 0 bridgehead atoms. The molecule has 8 nitrogen and oxygen atoms in total. The molecule has 3 aromatic rings. The summed E-state index contributed by atoms with van der Waals surface area (Å²) in [6, 6.07) is 16.1. The highest BCUT2D eigenvalue weighted by molar-refractivity contribution is 6.00. The number of nitrogens with zero attached hydrogens (tertiary/aromatic N) is 2. The standard InChI is InChI=1S/C28H33N3O5/c1-6-28(25(29)34)19(17-12-8-7-9-13-17)16-21(31(28)26(35)36-27(2,3)4)22-18-14-10-11-15-20(18)30(5)23(22)24(32)33/h7-15,19,21H,6,16H2,1-5H3,(H2,29,34)(H,32,33)/t19-,21?,28-/m0/s1. The molecule has 3 N–H and O–H groups in total. The fraction of sp³-hybridized carbons (Fsp3) is 0.393. The van der Waals surface area contributed by atoms with Crippen LogP contribution in [0.3, 0.4) is 0 Å². The second kappa shape index (κ2) is 9.00. The number of para-hydroxylation sites is 1. The lowest BCUT2D eigenvalue weighted by Crippen LogP contribution is -2.59. The van der Waals surface area contributed by atoms with E-state index in [1.165, 1.54) is 4.90 Å². The van der Waals surface area contributed by atoms with Gasteiger partial charge in [0.25, 0.3) is 0 Å². The van der Waals surface area contributed by atoms with E-state index in [0.717, 1.165) is 11.1 Å². The Morgan fingerprint density at radius 1 is 1.08 bits per heavy atom. The summed E-state index contributed by atoms with van der Waals surface area (Å²) in [7, 11) is 1.69. The zero-order chi connectivity index (χ0) is 26.4. The number of primary amides is 1. The lowest BCUT2D eigenvalue weighted by Gasteiger charge is -2.41. The molecule has 0 saturated carbocycles. The zero-order valence-electron chi connectivity index (χ0n) is 21.3. The van der Waals surface area contributed by atoms with Crippen LogP contribution in [0.5, 0.6) is 0 Å². The highest BCUT2D eigenvalue weighted by Gasteiger charge is 2.60. The molecular weight excluding hydrogens is 458 g/mol. The first-order valence-corrected chi connectivity index (χ1v) is 12.1. The Bertz CT molecular complexity index is 1320. The SMILES string of the molecule is CC[C@@]1(C(N)=O)[C@H](c2ccccc2)CC(c2c(C(=O)O)n(C)c3ccccc23)N1C(=O)OC(C)(C)C. The van der Waals surface area contributed by atoms with Crippen LogP contribution in [-0.4, -0.2) is 43.7 Å². The Morgan fingerprint density at radius 3 is 2.25 bits per heavy atom. The Kier molecular flexibility index (Phi) is 6.32. The van der Waals surface area contributed by atoms with Gasteiger partial charge in [0.05, 0.1) is 6.04 Å². The molecule has 36 heavy (non-hydrogen) atoms. The summed E-state index contributed by atoms with van der Waals surface area (Å²) in [5.41, 5.74) is 5.98. The van der Waals surface area contributed by atoms with Gasteiger partial charge < -0.3 is 20.1 Å². The van der Waals surface area contributed by atoms with E-state index in [1.807, 2.05) is 61.5 Å². The minimum Gasteiger partial charge on any atom is -0.477 e. The molecule has 2 amide bonds. The number of ether oxygens (including phenoxy) is 1. The average molecular weight is 492 g/mol. The van der Waals surface area contributed by atoms with Gasteiger partial charge in [-0.3, -0.25) is 9.69 Å². The van der Waals surface area contributed by atoms with E-state index >= 15 is 0 Å². The molecule has 1 unspecified atom stereocenters. The number of rotatable bonds is 5. The van der Waals surface area contributed by atoms with Crippen LogP contribution in [0.1, 0.15) is 74.1 Å². The normalized spacial score (nSPS) is 22.1. The first-order chi connectivity index (χ1) is 16.9. The van der Waals surface area contributed by atoms with Gasteiger partial charge in [-0.2, -0.15) is 0 Å². The van der Waals surface area contributed by atoms with E-state index in [9.17, 15) is 19.5 Å². The minimum atomic E-state index is -1.42. The molecule has 3 atom stereocenters. The monoisotopic (exact) mass is 491 g/mol. The van der Waals surface area contributed by atoms with E-state index in [4.69, 9.17) is 10.5 Å². The van der Waals surface area contributed by atoms with Crippen LogP contribution in [0.15, 0.2) is 54.6 Å². The van der Waals surface area contributed by atoms with Crippen LogP contribution in [0.25, 0.3) is 10.9 Å². The van der Waals surface area contributed by atoms with Crippen LogP contribution < -0.4 is 5.73 Å². The highest BCUT2D eigenvalue weighted by atomic mass is 16.6. The van der Waals surface area contributed by atoms with Crippen molar-refractivity contribution in [3.63, 3.8) is 0 Å². The number of aromatic nitrogens is 1. The number of nitrogens with two attached hydrogens (primary N) is 1. The molecule has 8 heteroatoms. The number of aromatic carboxylic acids is 1. The van der Waals surface area contributed by atoms with E-state index in [0.29, 0.717) is 17.4 Å². The predicted octanol–water partition coefficient (Wildman–Crippen LogP) is 4.98. The first-order valence-electron chi connectivity index (χ1n) is 12.1. The summed E-state index contributed by atoms with van der Waals surface area (Å²) in [6.45, 7) is 7.08. The van der Waals surface area contributed by atoms with Gasteiger partial charge in [-0.15, -0.1) is 0 Å². The number of hydrogen-bond donors (Lipinski definition) is 2. The number of carboxylic acids is 1. The number of benzene rings is 2. The Balaban J connectivity index is 2.05. The summed E-state index contributed by atoms with van der Waals surface area (Å²) in [5.74, 6) is -2.22. The molecule has 0 spiro atoms. The summed E-state index contributed by atoms with van der Waals surface area (Å²) < 4.78 is 7.43. The summed E-state index contributed by atoms with van der Waals surface area (Å²) >= 11 is 0. The molecule has 1 aromatic heterocycles. The second-order valence-electron chi connectivity index (χ2n) is 10.4. The zero-order valence-corrected chi connectivity index (χ0v) is 21.3. The highest BCUT2D eigenvalue weighted by Crippen LogP contribution is 2.55. The molecule has 1 aliphatic rings. The minimum absolute atomic E-state index is 0.0675. The molecule has 1 saturated heterocycles. The first kappa shape index (κ1) is 25.3. The van der Waals surface area contributed by atoms with Crippen LogP contribution in [0.2, 0.25) is 0 Å². The van der Waals surface area contributed by atoms with Crippen molar-refractivity contribution in [1.82, 2.24) is 9.47 Å². The molecule has 1 aliphatic heterocycles. The lowest BCUT2D eigenvalue weighted by atomic mass is 9.77. The Morgan fingerprint density at radius 2 is 1.69 bits per heavy atom. The third kappa shape index (κ3) is 3.90. The van der Waals surface area contributed by atoms with Gasteiger partial charge in [0.2, 0.25) is 5.91 Å². The maximum absolute atomic E-state index is 13.9. The van der Waals surface area contributed by atoms with Gasteiger partial charge >= 0.3 is 12.1 Å². The van der Waals surface area contributed by atoms with Gasteiger partial charge in [0.1, 0.15) is 16.8 Å². The summed E-state index contributed by atoms with van der Waals surface area (Å²) in [5, 5.41) is 11.0. The molecule has 2 aromatic carbocycles. The molecule has 4 rings (SSSR count). The maximum Gasteiger partial charge on any atom is 0.411 e. The number of fused-ring (bicyclic) bond motifs is 1. The van der Waals surface area contributed by atoms with Crippen molar-refractivity contribution in [2.24, 2.45) is 12.8 Å². The molecular formula is C28H33N3O5. The number of aryl methyl sites for hydroxylation is 1. The molecule has 2 heterocycles. The van der Waals surface area contributed by atoms with E-state index in [1.54, 1.807) is 32.4 Å². The fourth-order valence-corrected chi connectivity index (χ4v) is 5.81. The van der Waals surface area contributed by atoms with Crippen molar-refractivity contribution < 1.29 is 24.2 Å². The average Bonchev–Trinajstić information content (AvgIpc) is 3.32. The van der Waals surface area contributed by atoms with Crippen molar-refractivity contribution >= 4 is 28.9 Å². The van der Waals surface area contributed by atoms with Crippen molar-refractivity contribution in [2.75, 3.05) is 0 Å². The van der Waals surface area contributed by atoms with Crippen LogP contribution in [-0.2, 0) is 16.6 Å². The van der Waals surface area contributed by atoms with E-state index in [2.05, 4.69) is 0 Å². The smallest absolute Gasteiger partial charge is 0.411 e. The third-order valence-corrected chi connectivity index (χ3v) is 7.22. The number of likely N-dealkylation sites (tertiary alicyclic amines) is 1. The van der Waals surface area contributed by atoms with Crippen LogP contribution >= 0.6 is 0 Å². The van der Waals surface area contributed by atoms with Gasteiger partial charge in [-0.25, -0.2) is 9.59 Å². The van der Waals surface area contributed by atoms with Gasteiger partial charge in [-0.05, 0) is 45.2 Å². The quantitative estimate of drug-likeness (QED) is 0.523. The Hall–Kier alpha value is -3.81. The summed E-state index contributed by atoms with van der Waals surface area (Å²) in [6.07, 6.45) is -0.144. The fourth-order valence-electron chi connectivity index (χ4n) is 5.81. The number of carbonyl (C=O) groups excluding carboxylic acids is 2. The van der Waals surface area contributed by atoms with E-state index < -0.39 is 41.1 Å².